The van der Waals surface area contributed by atoms with E-state index in [-0.39, 0.29) is 23.6 Å². The Hall–Kier alpha value is -2.15. The van der Waals surface area contributed by atoms with E-state index >= 15 is 0 Å². The summed E-state index contributed by atoms with van der Waals surface area (Å²) in [5.41, 5.74) is 0. The van der Waals surface area contributed by atoms with Crippen LogP contribution >= 0.6 is 0 Å². The van der Waals surface area contributed by atoms with Crippen molar-refractivity contribution in [1.29, 1.82) is 0 Å². The van der Waals surface area contributed by atoms with Crippen molar-refractivity contribution in [1.82, 2.24) is 0 Å². The second-order valence-electron chi connectivity index (χ2n) is 7.62. The summed E-state index contributed by atoms with van der Waals surface area (Å²) in [5, 5.41) is 10.2. The van der Waals surface area contributed by atoms with E-state index in [1.807, 2.05) is 6.08 Å². The summed E-state index contributed by atoms with van der Waals surface area (Å²) in [5.74, 6) is -1.08. The zero-order valence-corrected chi connectivity index (χ0v) is 17.2. The summed E-state index contributed by atoms with van der Waals surface area (Å²) in [6, 6.07) is 0. The fraction of sp³-hybridized carbons (Fsp3) is 0.682. The van der Waals surface area contributed by atoms with Gasteiger partial charge in [0.25, 0.3) is 0 Å². The molecule has 2 fully saturated rings. The lowest BCUT2D eigenvalue weighted by atomic mass is 9.88. The molecule has 1 N–H and O–H groups in total. The van der Waals surface area contributed by atoms with Gasteiger partial charge in [0.05, 0.1) is 13.2 Å². The normalized spacial score (nSPS) is 27.3. The van der Waals surface area contributed by atoms with Crippen LogP contribution in [0, 0.1) is 11.8 Å². The minimum absolute atomic E-state index is 0.110. The number of ketones is 1. The minimum atomic E-state index is -0.849. The highest BCUT2D eigenvalue weighted by Gasteiger charge is 2.56. The molecule has 1 saturated carbocycles. The Morgan fingerprint density at radius 3 is 2.72 bits per heavy atom. The molecule has 162 valence electrons. The molecule has 0 radical (unpaired) electrons. The van der Waals surface area contributed by atoms with Crippen molar-refractivity contribution in [3.63, 3.8) is 0 Å². The predicted molar refractivity (Wildman–Crippen MR) is 106 cm³/mol. The second kappa shape index (κ2) is 11.8. The van der Waals surface area contributed by atoms with Crippen LogP contribution in [0.4, 0.5) is 4.79 Å². The Morgan fingerprint density at radius 1 is 1.21 bits per heavy atom. The Balaban J connectivity index is 1.91. The number of ether oxygens (including phenoxy) is 3. The maximum absolute atomic E-state index is 12.7. The molecule has 0 aromatic rings. The smallest absolute Gasteiger partial charge is 0.466 e. The molecule has 0 spiro atoms. The molecule has 1 aliphatic heterocycles. The monoisotopic (exact) mass is 408 g/mol. The van der Waals surface area contributed by atoms with Crippen molar-refractivity contribution >= 4 is 17.9 Å². The van der Waals surface area contributed by atoms with Gasteiger partial charge >= 0.3 is 12.1 Å². The van der Waals surface area contributed by atoms with Gasteiger partial charge < -0.3 is 19.3 Å². The molecule has 2 rings (SSSR count). The summed E-state index contributed by atoms with van der Waals surface area (Å²) in [4.78, 5) is 35.2. The molecule has 0 bridgehead atoms. The van der Waals surface area contributed by atoms with Crippen LogP contribution in [-0.2, 0) is 23.8 Å². The summed E-state index contributed by atoms with van der Waals surface area (Å²) < 4.78 is 14.8. The maximum atomic E-state index is 12.7. The van der Waals surface area contributed by atoms with Crippen molar-refractivity contribution < 1.29 is 33.7 Å². The van der Waals surface area contributed by atoms with Gasteiger partial charge in [0.15, 0.2) is 11.9 Å². The van der Waals surface area contributed by atoms with Crippen molar-refractivity contribution in [3.8, 4) is 0 Å². The zero-order chi connectivity index (χ0) is 21.2. The first-order valence-electron chi connectivity index (χ1n) is 10.5. The molecule has 2 aliphatic rings. The minimum Gasteiger partial charge on any atom is -0.466 e. The molecule has 1 saturated heterocycles. The number of fused-ring (bicyclic) bond motifs is 1. The average molecular weight is 408 g/mol. The second-order valence-corrected chi connectivity index (χ2v) is 7.62. The lowest BCUT2D eigenvalue weighted by molar-refractivity contribution is -0.134. The zero-order valence-electron chi connectivity index (χ0n) is 17.2. The van der Waals surface area contributed by atoms with E-state index < -0.39 is 24.5 Å². The van der Waals surface area contributed by atoms with Gasteiger partial charge in [0.1, 0.15) is 0 Å². The number of methoxy groups -OCH3 is 1. The molecule has 29 heavy (non-hydrogen) atoms. The third-order valence-electron chi connectivity index (χ3n) is 5.49. The number of aliphatic hydroxyl groups is 1. The van der Waals surface area contributed by atoms with Gasteiger partial charge in [-0.05, 0) is 25.7 Å². The van der Waals surface area contributed by atoms with Crippen LogP contribution in [-0.4, -0.2) is 48.4 Å². The van der Waals surface area contributed by atoms with Gasteiger partial charge in [-0.15, -0.1) is 0 Å². The summed E-state index contributed by atoms with van der Waals surface area (Å²) >= 11 is 0. The topological polar surface area (TPSA) is 99.1 Å². The SMILES string of the molecule is CCCCC[C@H](O)/C=C/C1C(CCCCC=CC(=O)OC)C(=O)C2OC(=O)OC21. The van der Waals surface area contributed by atoms with Gasteiger partial charge in [-0.1, -0.05) is 50.8 Å². The van der Waals surface area contributed by atoms with Crippen LogP contribution in [0.15, 0.2) is 24.3 Å². The number of Topliss-reactive ketones (excluding diaryl/α,β-unsaturated/α-hetero) is 1. The highest BCUT2D eigenvalue weighted by Crippen LogP contribution is 2.41. The van der Waals surface area contributed by atoms with Crippen molar-refractivity contribution in [2.24, 2.45) is 11.8 Å². The van der Waals surface area contributed by atoms with E-state index in [4.69, 9.17) is 9.47 Å². The Bertz CT molecular complexity index is 625. The Kier molecular flexibility index (Phi) is 9.38. The van der Waals surface area contributed by atoms with Crippen molar-refractivity contribution in [2.75, 3.05) is 7.11 Å². The van der Waals surface area contributed by atoms with Gasteiger partial charge in [0.2, 0.25) is 6.10 Å². The van der Waals surface area contributed by atoms with Crippen LogP contribution in [0.25, 0.3) is 0 Å². The number of esters is 1. The quantitative estimate of drug-likeness (QED) is 0.228. The van der Waals surface area contributed by atoms with Crippen LogP contribution in [0.2, 0.25) is 0 Å². The molecular formula is C22H32O7. The third kappa shape index (κ3) is 6.70. The Morgan fingerprint density at radius 2 is 2.00 bits per heavy atom. The van der Waals surface area contributed by atoms with Gasteiger partial charge in [0, 0.05) is 17.9 Å². The van der Waals surface area contributed by atoms with E-state index in [0.29, 0.717) is 19.3 Å². The van der Waals surface area contributed by atoms with E-state index in [9.17, 15) is 19.5 Å². The fourth-order valence-corrected chi connectivity index (χ4v) is 3.91. The Labute approximate surface area is 172 Å². The van der Waals surface area contributed by atoms with E-state index in [0.717, 1.165) is 32.1 Å². The highest BCUT2D eigenvalue weighted by molar-refractivity contribution is 5.92. The summed E-state index contributed by atoms with van der Waals surface area (Å²) in [6.45, 7) is 2.11. The number of rotatable bonds is 12. The van der Waals surface area contributed by atoms with Gasteiger partial charge in [-0.25, -0.2) is 9.59 Å². The van der Waals surface area contributed by atoms with Crippen LogP contribution in [0.5, 0.6) is 0 Å². The molecular weight excluding hydrogens is 376 g/mol. The molecule has 0 aromatic heterocycles. The van der Waals surface area contributed by atoms with Crippen LogP contribution in [0.1, 0.15) is 58.3 Å². The van der Waals surface area contributed by atoms with Crippen LogP contribution < -0.4 is 0 Å². The molecule has 7 heteroatoms. The fourth-order valence-electron chi connectivity index (χ4n) is 3.91. The summed E-state index contributed by atoms with van der Waals surface area (Å²) in [7, 11) is 1.33. The maximum Gasteiger partial charge on any atom is 0.509 e. The molecule has 0 amide bonds. The first kappa shape index (κ1) is 23.1. The van der Waals surface area contributed by atoms with Gasteiger partial charge in [-0.2, -0.15) is 0 Å². The highest BCUT2D eigenvalue weighted by atomic mass is 16.8. The average Bonchev–Trinajstić information content (AvgIpc) is 3.19. The first-order valence-corrected chi connectivity index (χ1v) is 10.5. The standard InChI is InChI=1S/C22H32O7/c1-3-4-7-10-15(23)13-14-17-16(11-8-5-6-9-12-18(24)27-2)19(25)21-20(17)28-22(26)29-21/h9,12-17,20-21,23H,3-8,10-11H2,1-2H3/b12-9?,14-13+/t15-,16?,17?,20?,21?/m0/s1. The number of unbranched alkanes of at least 4 members (excludes halogenated alkanes) is 4. The molecule has 4 unspecified atom stereocenters. The number of hydrogen-bond acceptors (Lipinski definition) is 7. The van der Waals surface area contributed by atoms with E-state index in [2.05, 4.69) is 11.7 Å². The third-order valence-corrected chi connectivity index (χ3v) is 5.49. The molecule has 0 aromatic carbocycles. The lowest BCUT2D eigenvalue weighted by Crippen LogP contribution is -2.24. The molecule has 1 heterocycles. The van der Waals surface area contributed by atoms with Crippen LogP contribution in [0.3, 0.4) is 0 Å². The number of carbonyl (C=O) groups is 3. The number of carbonyl (C=O) groups excluding carboxylic acids is 3. The predicted octanol–water partition coefficient (Wildman–Crippen LogP) is 3.49. The van der Waals surface area contributed by atoms with Crippen molar-refractivity contribution in [3.05, 3.63) is 24.3 Å². The summed E-state index contributed by atoms with van der Waals surface area (Å²) in [6.07, 6.45) is 10.6. The van der Waals surface area contributed by atoms with E-state index in [1.165, 1.54) is 13.2 Å². The first-order chi connectivity index (χ1) is 14.0. The molecule has 5 atom stereocenters. The lowest BCUT2D eigenvalue weighted by Gasteiger charge is -2.18. The molecule has 7 nitrogen and oxygen atoms in total. The van der Waals surface area contributed by atoms with Gasteiger partial charge in [-0.3, -0.25) is 4.79 Å². The largest absolute Gasteiger partial charge is 0.509 e. The molecule has 1 aliphatic carbocycles. The number of hydrogen-bond donors (Lipinski definition) is 1. The van der Waals surface area contributed by atoms with E-state index in [1.54, 1.807) is 12.2 Å². The number of aliphatic hydroxyl groups excluding tert-OH is 1. The number of allylic oxidation sites excluding steroid dienone is 1. The van der Waals surface area contributed by atoms with Crippen molar-refractivity contribution in [2.45, 2.75) is 76.6 Å².